The molecule has 0 aliphatic heterocycles. The molecular formula is C9H9ClN2S. The van der Waals surface area contributed by atoms with Gasteiger partial charge < -0.3 is 0 Å². The molecule has 1 heterocycles. The molecule has 0 radical (unpaired) electrons. The van der Waals surface area contributed by atoms with Crippen molar-refractivity contribution in [2.45, 2.75) is 0 Å². The van der Waals surface area contributed by atoms with E-state index in [1.165, 1.54) is 0 Å². The fourth-order valence-corrected chi connectivity index (χ4v) is 1.89. The second-order valence-electron chi connectivity index (χ2n) is 3.01. The molecule has 68 valence electrons. The second kappa shape index (κ2) is 2.86. The first-order valence-electron chi connectivity index (χ1n) is 3.92. The molecule has 1 aromatic carbocycles. The smallest absolute Gasteiger partial charge is 0.129 e. The molecule has 13 heavy (non-hydrogen) atoms. The van der Waals surface area contributed by atoms with Gasteiger partial charge >= 0.3 is 0 Å². The molecule has 4 heteroatoms. The van der Waals surface area contributed by atoms with Crippen molar-refractivity contribution in [3.8, 4) is 0 Å². The van der Waals surface area contributed by atoms with E-state index in [0.717, 1.165) is 20.6 Å². The van der Waals surface area contributed by atoms with Gasteiger partial charge in [0.1, 0.15) is 4.64 Å². The van der Waals surface area contributed by atoms with Gasteiger partial charge in [0, 0.05) is 24.5 Å². The van der Waals surface area contributed by atoms with E-state index in [2.05, 4.69) is 0 Å². The fraction of sp³-hybridized carbons (Fsp3) is 0.222. The summed E-state index contributed by atoms with van der Waals surface area (Å²) in [5.41, 5.74) is 1.11. The molecule has 0 atom stereocenters. The Balaban J connectivity index is 3.04. The van der Waals surface area contributed by atoms with Crippen LogP contribution in [0.5, 0.6) is 0 Å². The number of hydrogen-bond donors (Lipinski definition) is 0. The van der Waals surface area contributed by atoms with Crippen molar-refractivity contribution in [3.05, 3.63) is 27.9 Å². The van der Waals surface area contributed by atoms with Gasteiger partial charge in [-0.15, -0.1) is 0 Å². The molecule has 0 aliphatic carbocycles. The van der Waals surface area contributed by atoms with Crippen molar-refractivity contribution in [1.82, 2.24) is 9.36 Å². The Morgan fingerprint density at radius 3 is 2.62 bits per heavy atom. The summed E-state index contributed by atoms with van der Waals surface area (Å²) in [6, 6.07) is 5.76. The van der Waals surface area contributed by atoms with Crippen LogP contribution in [0, 0.1) is 4.64 Å². The third-order valence-corrected chi connectivity index (χ3v) is 3.00. The van der Waals surface area contributed by atoms with Gasteiger partial charge in [-0.25, -0.2) is 0 Å². The molecule has 0 bridgehead atoms. The molecule has 0 amide bonds. The number of aryl methyl sites for hydroxylation is 1. The fourth-order valence-electron chi connectivity index (χ4n) is 1.43. The van der Waals surface area contributed by atoms with Gasteiger partial charge in [-0.1, -0.05) is 23.8 Å². The Hall–Kier alpha value is -0.800. The quantitative estimate of drug-likeness (QED) is 0.611. The maximum Gasteiger partial charge on any atom is 0.129 e. The lowest BCUT2D eigenvalue weighted by molar-refractivity contribution is 0.606. The molecule has 2 rings (SSSR count). The number of benzene rings is 1. The monoisotopic (exact) mass is 212 g/mol. The zero-order chi connectivity index (χ0) is 9.59. The van der Waals surface area contributed by atoms with Gasteiger partial charge in [0.2, 0.25) is 0 Å². The van der Waals surface area contributed by atoms with Gasteiger partial charge in [-0.2, -0.15) is 0 Å². The lowest BCUT2D eigenvalue weighted by atomic mass is 10.2. The normalized spacial score (nSPS) is 11.0. The number of aromatic nitrogens is 2. The van der Waals surface area contributed by atoms with E-state index in [-0.39, 0.29) is 0 Å². The van der Waals surface area contributed by atoms with Crippen LogP contribution in [0.1, 0.15) is 0 Å². The number of rotatable bonds is 0. The Labute approximate surface area is 86.3 Å². The number of hydrogen-bond acceptors (Lipinski definition) is 1. The summed E-state index contributed by atoms with van der Waals surface area (Å²) < 4.78 is 4.75. The zero-order valence-electron chi connectivity index (χ0n) is 7.41. The van der Waals surface area contributed by atoms with Crippen molar-refractivity contribution >= 4 is 34.7 Å². The van der Waals surface area contributed by atoms with Crippen LogP contribution in [0.3, 0.4) is 0 Å². The van der Waals surface area contributed by atoms with Crippen LogP contribution in [0.25, 0.3) is 10.9 Å². The first-order chi connectivity index (χ1) is 6.11. The maximum absolute atomic E-state index is 5.89. The highest BCUT2D eigenvalue weighted by Gasteiger charge is 2.04. The Kier molecular flexibility index (Phi) is 1.93. The largest absolute Gasteiger partial charge is 0.287 e. The van der Waals surface area contributed by atoms with E-state index in [4.69, 9.17) is 23.8 Å². The third kappa shape index (κ3) is 1.19. The molecule has 1 aromatic heterocycles. The van der Waals surface area contributed by atoms with E-state index in [1.807, 2.05) is 41.7 Å². The minimum atomic E-state index is 0.727. The SMILES string of the molecule is Cn1c(=S)c2cc(Cl)ccc2n1C. The van der Waals surface area contributed by atoms with Crippen LogP contribution in [0.4, 0.5) is 0 Å². The summed E-state index contributed by atoms with van der Waals surface area (Å²) >= 11 is 11.1. The molecule has 0 fully saturated rings. The van der Waals surface area contributed by atoms with Crippen molar-refractivity contribution in [3.63, 3.8) is 0 Å². The van der Waals surface area contributed by atoms with Crippen LogP contribution in [0.2, 0.25) is 5.02 Å². The number of fused-ring (bicyclic) bond motifs is 1. The van der Waals surface area contributed by atoms with E-state index in [9.17, 15) is 0 Å². The van der Waals surface area contributed by atoms with E-state index in [1.54, 1.807) is 0 Å². The van der Waals surface area contributed by atoms with Crippen LogP contribution in [0.15, 0.2) is 18.2 Å². The number of nitrogens with zero attached hydrogens (tertiary/aromatic N) is 2. The third-order valence-electron chi connectivity index (χ3n) is 2.28. The highest BCUT2D eigenvalue weighted by Crippen LogP contribution is 2.20. The van der Waals surface area contributed by atoms with Gasteiger partial charge in [-0.3, -0.25) is 9.36 Å². The average Bonchev–Trinajstić information content (AvgIpc) is 2.32. The molecule has 2 aromatic rings. The van der Waals surface area contributed by atoms with E-state index < -0.39 is 0 Å². The summed E-state index contributed by atoms with van der Waals surface area (Å²) in [5.74, 6) is 0. The summed E-state index contributed by atoms with van der Waals surface area (Å²) in [6.45, 7) is 0. The van der Waals surface area contributed by atoms with Crippen LogP contribution in [-0.4, -0.2) is 9.36 Å². The standard InChI is InChI=1S/C9H9ClN2S/c1-11-8-4-3-6(10)5-7(8)9(13)12(11)2/h3-5H,1-2H3. The lowest BCUT2D eigenvalue weighted by Crippen LogP contribution is -2.02. The molecule has 2 nitrogen and oxygen atoms in total. The molecule has 0 unspecified atom stereocenters. The van der Waals surface area contributed by atoms with Crippen molar-refractivity contribution in [2.24, 2.45) is 14.1 Å². The highest BCUT2D eigenvalue weighted by atomic mass is 35.5. The number of halogens is 1. The molecule has 0 N–H and O–H groups in total. The Morgan fingerprint density at radius 2 is 1.92 bits per heavy atom. The summed E-state index contributed by atoms with van der Waals surface area (Å²) in [4.78, 5) is 0. The minimum Gasteiger partial charge on any atom is -0.287 e. The predicted molar refractivity (Wildman–Crippen MR) is 57.7 cm³/mol. The molecular weight excluding hydrogens is 204 g/mol. The van der Waals surface area contributed by atoms with Gasteiger partial charge in [0.05, 0.1) is 5.52 Å². The minimum absolute atomic E-state index is 0.727. The van der Waals surface area contributed by atoms with Crippen LogP contribution < -0.4 is 0 Å². The van der Waals surface area contributed by atoms with Crippen LogP contribution >= 0.6 is 23.8 Å². The molecule has 0 saturated heterocycles. The van der Waals surface area contributed by atoms with Crippen LogP contribution in [-0.2, 0) is 14.1 Å². The Bertz CT molecular complexity index is 524. The van der Waals surface area contributed by atoms with Crippen molar-refractivity contribution < 1.29 is 0 Å². The summed E-state index contributed by atoms with van der Waals surface area (Å²) in [7, 11) is 3.92. The summed E-state index contributed by atoms with van der Waals surface area (Å²) in [5, 5.41) is 1.76. The van der Waals surface area contributed by atoms with Gasteiger partial charge in [0.15, 0.2) is 0 Å². The molecule has 0 aliphatic rings. The topological polar surface area (TPSA) is 9.86 Å². The zero-order valence-corrected chi connectivity index (χ0v) is 8.99. The van der Waals surface area contributed by atoms with Gasteiger partial charge in [-0.05, 0) is 18.2 Å². The van der Waals surface area contributed by atoms with Crippen molar-refractivity contribution in [2.75, 3.05) is 0 Å². The maximum atomic E-state index is 5.89. The lowest BCUT2D eigenvalue weighted by Gasteiger charge is -1.99. The highest BCUT2D eigenvalue weighted by molar-refractivity contribution is 7.71. The first-order valence-corrected chi connectivity index (χ1v) is 4.71. The van der Waals surface area contributed by atoms with Gasteiger partial charge in [0.25, 0.3) is 0 Å². The van der Waals surface area contributed by atoms with E-state index >= 15 is 0 Å². The first kappa shape index (κ1) is 8.78. The summed E-state index contributed by atoms with van der Waals surface area (Å²) in [6.07, 6.45) is 0. The van der Waals surface area contributed by atoms with Crippen molar-refractivity contribution in [1.29, 1.82) is 0 Å². The molecule has 0 saturated carbocycles. The molecule has 0 spiro atoms. The Morgan fingerprint density at radius 1 is 1.23 bits per heavy atom. The average molecular weight is 213 g/mol. The van der Waals surface area contributed by atoms with E-state index in [0.29, 0.717) is 0 Å². The predicted octanol–water partition coefficient (Wildman–Crippen LogP) is 2.90. The second-order valence-corrected chi connectivity index (χ2v) is 3.84.